The van der Waals surface area contributed by atoms with E-state index in [1.165, 1.54) is 25.7 Å². The van der Waals surface area contributed by atoms with Crippen LogP contribution in [-0.2, 0) is 19.1 Å². The molecule has 0 aliphatic heterocycles. The number of rotatable bonds is 46. The summed E-state index contributed by atoms with van der Waals surface area (Å²) in [5.41, 5.74) is 0. The first-order valence-corrected chi connectivity index (χ1v) is 26.7. The van der Waals surface area contributed by atoms with Gasteiger partial charge in [-0.25, -0.2) is 0 Å². The summed E-state index contributed by atoms with van der Waals surface area (Å²) in [6, 6.07) is 0. The van der Waals surface area contributed by atoms with Gasteiger partial charge in [-0.1, -0.05) is 223 Å². The molecule has 0 saturated carbocycles. The zero-order valence-corrected chi connectivity index (χ0v) is 43.0. The molecule has 0 radical (unpaired) electrons. The van der Waals surface area contributed by atoms with Crippen molar-refractivity contribution in [3.05, 3.63) is 170 Å². The minimum Gasteiger partial charge on any atom is -0.462 e. The van der Waals surface area contributed by atoms with Crippen molar-refractivity contribution in [2.45, 2.75) is 200 Å². The van der Waals surface area contributed by atoms with Gasteiger partial charge in [0, 0.05) is 12.8 Å². The smallest absolute Gasteiger partial charge is 0.306 e. The Morgan fingerprint density at radius 2 is 0.588 bits per heavy atom. The molecule has 0 rings (SSSR count). The van der Waals surface area contributed by atoms with Crippen LogP contribution in [0.2, 0.25) is 0 Å². The molecule has 0 spiro atoms. The molecule has 0 bridgehead atoms. The molecule has 0 fully saturated rings. The fourth-order valence-electron chi connectivity index (χ4n) is 6.57. The highest BCUT2D eigenvalue weighted by Crippen LogP contribution is 2.12. The lowest BCUT2D eigenvalue weighted by atomic mass is 10.1. The van der Waals surface area contributed by atoms with Crippen LogP contribution in [-0.4, -0.2) is 36.4 Å². The predicted octanol–water partition coefficient (Wildman–Crippen LogP) is 18.2. The van der Waals surface area contributed by atoms with E-state index in [2.05, 4.69) is 184 Å². The van der Waals surface area contributed by atoms with Gasteiger partial charge in [0.2, 0.25) is 0 Å². The molecule has 68 heavy (non-hydrogen) atoms. The van der Waals surface area contributed by atoms with Crippen LogP contribution in [0.15, 0.2) is 170 Å². The number of esters is 2. The number of aliphatic hydroxyl groups excluding tert-OH is 1. The van der Waals surface area contributed by atoms with Crippen LogP contribution in [0.5, 0.6) is 0 Å². The van der Waals surface area contributed by atoms with Crippen molar-refractivity contribution in [2.24, 2.45) is 0 Å². The Balaban J connectivity index is 3.70. The molecule has 1 N–H and O–H groups in total. The van der Waals surface area contributed by atoms with Gasteiger partial charge in [-0.3, -0.25) is 9.59 Å². The lowest BCUT2D eigenvalue weighted by Crippen LogP contribution is -2.28. The van der Waals surface area contributed by atoms with Gasteiger partial charge in [0.05, 0.1) is 6.61 Å². The van der Waals surface area contributed by atoms with E-state index >= 15 is 0 Å². The van der Waals surface area contributed by atoms with Crippen molar-refractivity contribution in [3.8, 4) is 0 Å². The van der Waals surface area contributed by atoms with E-state index in [1.807, 2.05) is 0 Å². The molecule has 0 aliphatic rings. The molecule has 0 aromatic rings. The Hall–Kier alpha value is -4.74. The second kappa shape index (κ2) is 56.6. The molecule has 0 saturated heterocycles. The molecule has 0 aliphatic carbocycles. The van der Waals surface area contributed by atoms with Gasteiger partial charge in [0.1, 0.15) is 6.61 Å². The van der Waals surface area contributed by atoms with Gasteiger partial charge in [0.15, 0.2) is 6.10 Å². The second-order valence-electron chi connectivity index (χ2n) is 16.8. The largest absolute Gasteiger partial charge is 0.462 e. The van der Waals surface area contributed by atoms with Crippen molar-refractivity contribution in [2.75, 3.05) is 13.2 Å². The highest BCUT2D eigenvalue weighted by molar-refractivity contribution is 5.70. The summed E-state index contributed by atoms with van der Waals surface area (Å²) in [5, 5.41) is 9.64. The fourth-order valence-corrected chi connectivity index (χ4v) is 6.57. The summed E-state index contributed by atoms with van der Waals surface area (Å²) in [7, 11) is 0. The van der Waals surface area contributed by atoms with Gasteiger partial charge in [-0.2, -0.15) is 0 Å². The normalized spacial score (nSPS) is 13.6. The highest BCUT2D eigenvalue weighted by atomic mass is 16.6. The Morgan fingerprint density at radius 1 is 0.338 bits per heavy atom. The number of unbranched alkanes of at least 4 members (excludes halogenated alkanes) is 10. The average Bonchev–Trinajstić information content (AvgIpc) is 3.34. The Kier molecular flexibility index (Phi) is 52.6. The maximum Gasteiger partial charge on any atom is 0.306 e. The van der Waals surface area contributed by atoms with E-state index in [1.54, 1.807) is 0 Å². The van der Waals surface area contributed by atoms with Crippen molar-refractivity contribution in [1.29, 1.82) is 0 Å². The van der Waals surface area contributed by atoms with E-state index < -0.39 is 6.10 Å². The van der Waals surface area contributed by atoms with Gasteiger partial charge in [0.25, 0.3) is 0 Å². The third kappa shape index (κ3) is 53.9. The molecule has 1 unspecified atom stereocenters. The standard InChI is InChI=1S/C63H96O5/c1-3-5-7-9-11-13-15-17-19-21-23-25-27-28-29-30-31-32-33-34-36-38-40-42-44-46-48-50-52-54-56-58-63(66)68-61(59-64)60-67-62(65)57-55-53-51-49-47-45-43-41-39-37-35-26-24-22-20-18-16-14-12-10-8-6-4-2/h5-8,11-14,17-20,23-26,28-29,31-32,34,36-37,39-40,42,46,48,61,64H,3-4,9-10,15-16,21-22,27,30,33,35,38,41,43-45,47,49-60H2,1-2H3/b7-5-,8-6-,13-11-,14-12-,19-17-,20-18-,25-23-,26-24-,29-28-,32-31-,36-34-,39-37-,42-40-,48-46-. The van der Waals surface area contributed by atoms with Crippen LogP contribution in [0.25, 0.3) is 0 Å². The van der Waals surface area contributed by atoms with E-state index in [-0.39, 0.29) is 25.2 Å². The van der Waals surface area contributed by atoms with Crippen molar-refractivity contribution in [1.82, 2.24) is 0 Å². The third-order valence-electron chi connectivity index (χ3n) is 10.5. The molecule has 1 atom stereocenters. The van der Waals surface area contributed by atoms with Gasteiger partial charge in [-0.15, -0.1) is 0 Å². The Bertz CT molecular complexity index is 1570. The molecule has 0 aromatic carbocycles. The Labute approximate surface area is 417 Å². The monoisotopic (exact) mass is 933 g/mol. The number of carbonyl (C=O) groups is 2. The number of hydrogen-bond acceptors (Lipinski definition) is 5. The predicted molar refractivity (Wildman–Crippen MR) is 297 cm³/mol. The molecule has 378 valence electrons. The molecular formula is C63H96O5. The summed E-state index contributed by atoms with van der Waals surface area (Å²) in [6.45, 7) is 3.86. The van der Waals surface area contributed by atoms with Crippen molar-refractivity contribution < 1.29 is 24.2 Å². The first-order chi connectivity index (χ1) is 33.6. The zero-order valence-electron chi connectivity index (χ0n) is 43.0. The number of ether oxygens (including phenoxy) is 2. The quantitative estimate of drug-likeness (QED) is 0.0374. The van der Waals surface area contributed by atoms with Crippen LogP contribution in [0.1, 0.15) is 194 Å². The molecule has 5 heteroatoms. The number of hydrogen-bond donors (Lipinski definition) is 1. The van der Waals surface area contributed by atoms with E-state index in [9.17, 15) is 14.7 Å². The lowest BCUT2D eigenvalue weighted by Gasteiger charge is -2.15. The van der Waals surface area contributed by atoms with Crippen LogP contribution in [0, 0.1) is 0 Å². The first kappa shape index (κ1) is 63.3. The summed E-state index contributed by atoms with van der Waals surface area (Å²) in [5.74, 6) is -0.658. The van der Waals surface area contributed by atoms with Crippen LogP contribution < -0.4 is 0 Å². The van der Waals surface area contributed by atoms with E-state index in [0.29, 0.717) is 12.8 Å². The zero-order chi connectivity index (χ0) is 49.2. The van der Waals surface area contributed by atoms with Crippen LogP contribution >= 0.6 is 0 Å². The SMILES string of the molecule is CC/C=C\C/C=C\C/C=C\C/C=C\C/C=C\C/C=C\C/C=C\C/C=C\C/C=C\CCCCCC(=O)OC(CO)COC(=O)CCCCCCCCC/C=C\C/C=C\C/C=C\C/C=C\C/C=C\CC. The maximum absolute atomic E-state index is 12.3. The van der Waals surface area contributed by atoms with E-state index in [0.717, 1.165) is 141 Å². The van der Waals surface area contributed by atoms with E-state index in [4.69, 9.17) is 9.47 Å². The number of allylic oxidation sites excluding steroid dienone is 28. The molecule has 0 aromatic heterocycles. The van der Waals surface area contributed by atoms with Crippen molar-refractivity contribution in [3.63, 3.8) is 0 Å². The summed E-state index contributed by atoms with van der Waals surface area (Å²) >= 11 is 0. The Morgan fingerprint density at radius 3 is 0.897 bits per heavy atom. The summed E-state index contributed by atoms with van der Waals surface area (Å²) in [6.07, 6.45) is 88.7. The summed E-state index contributed by atoms with van der Waals surface area (Å²) < 4.78 is 10.7. The van der Waals surface area contributed by atoms with Gasteiger partial charge < -0.3 is 14.6 Å². The number of aliphatic hydroxyl groups is 1. The lowest BCUT2D eigenvalue weighted by molar-refractivity contribution is -0.161. The van der Waals surface area contributed by atoms with Crippen molar-refractivity contribution >= 4 is 11.9 Å². The molecule has 0 amide bonds. The number of carbonyl (C=O) groups excluding carboxylic acids is 2. The van der Waals surface area contributed by atoms with Crippen LogP contribution in [0.4, 0.5) is 0 Å². The highest BCUT2D eigenvalue weighted by Gasteiger charge is 2.16. The topological polar surface area (TPSA) is 72.8 Å². The molecule has 5 nitrogen and oxygen atoms in total. The van der Waals surface area contributed by atoms with Crippen LogP contribution in [0.3, 0.4) is 0 Å². The maximum atomic E-state index is 12.3. The van der Waals surface area contributed by atoms with Gasteiger partial charge in [-0.05, 0) is 128 Å². The fraction of sp³-hybridized carbons (Fsp3) is 0.524. The molecule has 0 heterocycles. The second-order valence-corrected chi connectivity index (χ2v) is 16.8. The summed E-state index contributed by atoms with van der Waals surface area (Å²) in [4.78, 5) is 24.5. The average molecular weight is 933 g/mol. The van der Waals surface area contributed by atoms with Gasteiger partial charge >= 0.3 is 11.9 Å². The first-order valence-electron chi connectivity index (χ1n) is 26.7. The third-order valence-corrected chi connectivity index (χ3v) is 10.5. The minimum atomic E-state index is -0.810. The molecular weight excluding hydrogens is 837 g/mol. The minimum absolute atomic E-state index is 0.0984.